The first-order valence-corrected chi connectivity index (χ1v) is 11.2. The van der Waals surface area contributed by atoms with Crippen LogP contribution in [-0.2, 0) is 10.0 Å². The summed E-state index contributed by atoms with van der Waals surface area (Å²) in [5.41, 5.74) is 1.99. The van der Waals surface area contributed by atoms with Crippen LogP contribution in [0, 0.1) is 0 Å². The van der Waals surface area contributed by atoms with E-state index in [1.165, 1.54) is 18.2 Å². The highest BCUT2D eigenvalue weighted by Crippen LogP contribution is 2.26. The minimum Gasteiger partial charge on any atom is -0.321 e. The Morgan fingerprint density at radius 3 is 2.50 bits per heavy atom. The largest absolute Gasteiger partial charge is 0.321 e. The molecule has 1 heterocycles. The molecule has 4 rings (SSSR count). The molecule has 0 unspecified atom stereocenters. The summed E-state index contributed by atoms with van der Waals surface area (Å²) in [5, 5.41) is 3.61. The van der Waals surface area contributed by atoms with Crippen molar-refractivity contribution >= 4 is 54.1 Å². The fourth-order valence-electron chi connectivity index (χ4n) is 2.95. The van der Waals surface area contributed by atoms with Crippen molar-refractivity contribution in [1.82, 2.24) is 4.98 Å². The molecule has 0 fully saturated rings. The van der Waals surface area contributed by atoms with E-state index in [0.717, 1.165) is 15.4 Å². The molecule has 0 aliphatic rings. The number of pyridine rings is 1. The summed E-state index contributed by atoms with van der Waals surface area (Å²) < 4.78 is 28.7. The second-order valence-corrected chi connectivity index (χ2v) is 9.07. The average Bonchev–Trinajstić information content (AvgIpc) is 2.74. The molecule has 30 heavy (non-hydrogen) atoms. The molecule has 8 heteroatoms. The van der Waals surface area contributed by atoms with Crippen LogP contribution in [0.2, 0.25) is 0 Å². The van der Waals surface area contributed by atoms with Crippen LogP contribution in [0.5, 0.6) is 0 Å². The standard InChI is InChI=1S/C22H16BrN3O3S/c23-16-9-10-20-19(14-16)21(11-12-24-20)25-22(27)15-5-4-8-18(13-15)30(28,29)26-17-6-2-1-3-7-17/h1-14,26H,(H,24,25,27). The van der Waals surface area contributed by atoms with Crippen LogP contribution >= 0.6 is 15.9 Å². The van der Waals surface area contributed by atoms with Gasteiger partial charge in [-0.3, -0.25) is 14.5 Å². The Morgan fingerprint density at radius 1 is 0.900 bits per heavy atom. The summed E-state index contributed by atoms with van der Waals surface area (Å²) in [4.78, 5) is 17.1. The first-order valence-electron chi connectivity index (χ1n) is 8.96. The number of anilines is 2. The number of nitrogens with one attached hydrogen (secondary N) is 2. The van der Waals surface area contributed by atoms with Gasteiger partial charge in [0.05, 0.1) is 16.1 Å². The average molecular weight is 482 g/mol. The smallest absolute Gasteiger partial charge is 0.261 e. The van der Waals surface area contributed by atoms with Crippen LogP contribution in [0.4, 0.5) is 11.4 Å². The van der Waals surface area contributed by atoms with Crippen LogP contribution in [0.3, 0.4) is 0 Å². The van der Waals surface area contributed by atoms with Gasteiger partial charge in [-0.25, -0.2) is 8.42 Å². The van der Waals surface area contributed by atoms with Crippen molar-refractivity contribution in [1.29, 1.82) is 0 Å². The van der Waals surface area contributed by atoms with E-state index >= 15 is 0 Å². The number of fused-ring (bicyclic) bond motifs is 1. The Kier molecular flexibility index (Phi) is 5.52. The normalized spacial score (nSPS) is 11.2. The molecule has 0 spiro atoms. The van der Waals surface area contributed by atoms with Gasteiger partial charge in [-0.2, -0.15) is 0 Å². The zero-order chi connectivity index (χ0) is 21.1. The Morgan fingerprint density at radius 2 is 1.70 bits per heavy atom. The van der Waals surface area contributed by atoms with E-state index in [-0.39, 0.29) is 10.5 Å². The summed E-state index contributed by atoms with van der Waals surface area (Å²) in [6.45, 7) is 0. The lowest BCUT2D eigenvalue weighted by Gasteiger charge is -2.11. The Hall–Kier alpha value is -3.23. The van der Waals surface area contributed by atoms with Gasteiger partial charge in [0, 0.05) is 27.3 Å². The molecule has 0 saturated heterocycles. The van der Waals surface area contributed by atoms with Crippen LogP contribution in [-0.4, -0.2) is 19.3 Å². The van der Waals surface area contributed by atoms with E-state index in [4.69, 9.17) is 0 Å². The molecule has 0 bridgehead atoms. The van der Waals surface area contributed by atoms with Crippen LogP contribution in [0.1, 0.15) is 10.4 Å². The van der Waals surface area contributed by atoms with Gasteiger partial charge in [-0.05, 0) is 54.6 Å². The van der Waals surface area contributed by atoms with Crippen LogP contribution in [0.15, 0.2) is 94.4 Å². The van der Waals surface area contributed by atoms with E-state index in [0.29, 0.717) is 11.4 Å². The van der Waals surface area contributed by atoms with Gasteiger partial charge in [0.1, 0.15) is 0 Å². The first kappa shape index (κ1) is 20.1. The minimum atomic E-state index is -3.83. The molecule has 4 aromatic rings. The second kappa shape index (κ2) is 8.25. The maximum absolute atomic E-state index is 12.8. The number of halogens is 1. The highest BCUT2D eigenvalue weighted by molar-refractivity contribution is 9.10. The lowest BCUT2D eigenvalue weighted by Crippen LogP contribution is -2.16. The number of hydrogen-bond donors (Lipinski definition) is 2. The van der Waals surface area contributed by atoms with Gasteiger partial charge in [0.25, 0.3) is 15.9 Å². The van der Waals surface area contributed by atoms with Gasteiger partial charge in [-0.1, -0.05) is 40.2 Å². The summed E-state index contributed by atoms with van der Waals surface area (Å²) in [6.07, 6.45) is 1.61. The molecule has 0 radical (unpaired) electrons. The van der Waals surface area contributed by atoms with Crippen molar-refractivity contribution in [2.24, 2.45) is 0 Å². The third-order valence-corrected chi connectivity index (χ3v) is 6.26. The number of para-hydroxylation sites is 1. The topological polar surface area (TPSA) is 88.2 Å². The van der Waals surface area contributed by atoms with E-state index < -0.39 is 15.9 Å². The number of aromatic nitrogens is 1. The molecule has 0 aliphatic heterocycles. The van der Waals surface area contributed by atoms with Crippen molar-refractivity contribution in [3.8, 4) is 0 Å². The predicted molar refractivity (Wildman–Crippen MR) is 121 cm³/mol. The van der Waals surface area contributed by atoms with Gasteiger partial charge < -0.3 is 5.32 Å². The Labute approximate surface area is 182 Å². The lowest BCUT2D eigenvalue weighted by molar-refractivity contribution is 0.102. The molecule has 1 amide bonds. The SMILES string of the molecule is O=C(Nc1ccnc2ccc(Br)cc12)c1cccc(S(=O)(=O)Nc2ccccc2)c1. The number of amides is 1. The number of hydrogen-bond acceptors (Lipinski definition) is 4. The third-order valence-electron chi connectivity index (χ3n) is 4.38. The maximum Gasteiger partial charge on any atom is 0.261 e. The molecule has 0 aliphatic carbocycles. The number of carbonyl (C=O) groups excluding carboxylic acids is 1. The number of rotatable bonds is 5. The van der Waals surface area contributed by atoms with Gasteiger partial charge >= 0.3 is 0 Å². The highest BCUT2D eigenvalue weighted by atomic mass is 79.9. The Bertz CT molecular complexity index is 1340. The molecular weight excluding hydrogens is 466 g/mol. The molecular formula is C22H16BrN3O3S. The predicted octanol–water partition coefficient (Wildman–Crippen LogP) is 5.05. The molecule has 0 atom stereocenters. The van der Waals surface area contributed by atoms with Crippen molar-refractivity contribution in [3.63, 3.8) is 0 Å². The lowest BCUT2D eigenvalue weighted by atomic mass is 10.1. The molecule has 6 nitrogen and oxygen atoms in total. The van der Waals surface area contributed by atoms with Gasteiger partial charge in [0.2, 0.25) is 0 Å². The van der Waals surface area contributed by atoms with E-state index in [2.05, 4.69) is 31.0 Å². The fourth-order valence-corrected chi connectivity index (χ4v) is 4.41. The zero-order valence-corrected chi connectivity index (χ0v) is 17.9. The third kappa shape index (κ3) is 4.34. The summed E-state index contributed by atoms with van der Waals surface area (Å²) in [5.74, 6) is -0.417. The van der Waals surface area contributed by atoms with Crippen molar-refractivity contribution in [2.45, 2.75) is 4.90 Å². The number of carbonyl (C=O) groups is 1. The molecule has 3 aromatic carbocycles. The highest BCUT2D eigenvalue weighted by Gasteiger charge is 2.17. The zero-order valence-electron chi connectivity index (χ0n) is 15.5. The number of benzene rings is 3. The molecule has 0 saturated carbocycles. The molecule has 2 N–H and O–H groups in total. The maximum atomic E-state index is 12.8. The van der Waals surface area contributed by atoms with E-state index in [1.807, 2.05) is 18.2 Å². The monoisotopic (exact) mass is 481 g/mol. The fraction of sp³-hybridized carbons (Fsp3) is 0. The summed E-state index contributed by atoms with van der Waals surface area (Å²) in [7, 11) is -3.83. The molecule has 1 aromatic heterocycles. The summed E-state index contributed by atoms with van der Waals surface area (Å²) >= 11 is 3.42. The number of nitrogens with zero attached hydrogens (tertiary/aromatic N) is 1. The van der Waals surface area contributed by atoms with E-state index in [1.54, 1.807) is 48.7 Å². The minimum absolute atomic E-state index is 0.00124. The first-order chi connectivity index (χ1) is 14.4. The quantitative estimate of drug-likeness (QED) is 0.417. The Balaban J connectivity index is 1.61. The van der Waals surface area contributed by atoms with Crippen LogP contribution in [0.25, 0.3) is 10.9 Å². The van der Waals surface area contributed by atoms with E-state index in [9.17, 15) is 13.2 Å². The molecule has 150 valence electrons. The van der Waals surface area contributed by atoms with Crippen LogP contribution < -0.4 is 10.0 Å². The summed E-state index contributed by atoms with van der Waals surface area (Å²) in [6, 6.07) is 21.7. The van der Waals surface area contributed by atoms with Crippen molar-refractivity contribution in [3.05, 3.63) is 95.1 Å². The van der Waals surface area contributed by atoms with Gasteiger partial charge in [-0.15, -0.1) is 0 Å². The van der Waals surface area contributed by atoms with Crippen molar-refractivity contribution < 1.29 is 13.2 Å². The second-order valence-electron chi connectivity index (χ2n) is 6.47. The number of sulfonamides is 1. The van der Waals surface area contributed by atoms with Crippen molar-refractivity contribution in [2.75, 3.05) is 10.0 Å². The van der Waals surface area contributed by atoms with Gasteiger partial charge in [0.15, 0.2) is 0 Å².